The molecule has 0 bridgehead atoms. The molecule has 1 aliphatic rings. The molecule has 0 spiro atoms. The summed E-state index contributed by atoms with van der Waals surface area (Å²) in [6.07, 6.45) is 4.37. The predicted octanol–water partition coefficient (Wildman–Crippen LogP) is 0.748. The summed E-state index contributed by atoms with van der Waals surface area (Å²) >= 11 is 0. The number of carbonyl (C=O) groups excluding carboxylic acids is 1. The molecule has 0 radical (unpaired) electrons. The third-order valence-corrected chi connectivity index (χ3v) is 3.41. The summed E-state index contributed by atoms with van der Waals surface area (Å²) in [5.41, 5.74) is 0. The van der Waals surface area contributed by atoms with Gasteiger partial charge in [-0.15, -0.1) is 0 Å². The lowest BCUT2D eigenvalue weighted by molar-refractivity contribution is -0.119. The van der Waals surface area contributed by atoms with Gasteiger partial charge in [-0.05, 0) is 32.2 Å². The van der Waals surface area contributed by atoms with Gasteiger partial charge >= 0.3 is 0 Å². The van der Waals surface area contributed by atoms with Crippen LogP contribution in [0, 0.1) is 0 Å². The number of rotatable bonds is 5. The summed E-state index contributed by atoms with van der Waals surface area (Å²) in [5.74, 6) is 0.0751. The zero-order valence-electron chi connectivity index (χ0n) is 10.4. The normalized spacial score (nSPS) is 25.8. The number of aliphatic hydroxyl groups is 1. The highest BCUT2D eigenvalue weighted by Gasteiger charge is 2.24. The molecule has 4 heteroatoms. The first-order valence-corrected chi connectivity index (χ1v) is 6.29. The first-order chi connectivity index (χ1) is 7.67. The number of nitrogens with one attached hydrogen (secondary N) is 1. The van der Waals surface area contributed by atoms with Crippen molar-refractivity contribution in [2.45, 2.75) is 51.6 Å². The van der Waals surface area contributed by atoms with Gasteiger partial charge in [-0.25, -0.2) is 0 Å². The smallest absolute Gasteiger partial charge is 0.217 e. The topological polar surface area (TPSA) is 52.6 Å². The fourth-order valence-corrected chi connectivity index (χ4v) is 2.60. The number of carbonyl (C=O) groups is 1. The minimum absolute atomic E-state index is 0.0751. The van der Waals surface area contributed by atoms with Crippen LogP contribution in [0.3, 0.4) is 0 Å². The molecule has 16 heavy (non-hydrogen) atoms. The maximum atomic E-state index is 10.9. The molecule has 4 nitrogen and oxygen atoms in total. The Morgan fingerprint density at radius 2 is 2.00 bits per heavy atom. The standard InChI is InChI=1S/C12H24N2O2/c1-3-14(8-9-15)12-6-4-11(5-7-12)13-10(2)16/h11-12,15H,3-9H2,1-2H3,(H,13,16). The summed E-state index contributed by atoms with van der Waals surface area (Å²) in [6.45, 7) is 5.72. The first kappa shape index (κ1) is 13.5. The van der Waals surface area contributed by atoms with E-state index in [0.29, 0.717) is 12.1 Å². The molecule has 1 aliphatic carbocycles. The Morgan fingerprint density at radius 3 is 2.44 bits per heavy atom. The highest BCUT2D eigenvalue weighted by Crippen LogP contribution is 2.22. The molecule has 0 aromatic heterocycles. The van der Waals surface area contributed by atoms with Gasteiger partial charge in [0.25, 0.3) is 0 Å². The van der Waals surface area contributed by atoms with Crippen LogP contribution in [-0.2, 0) is 4.79 Å². The van der Waals surface area contributed by atoms with E-state index in [1.54, 1.807) is 6.92 Å². The molecule has 2 N–H and O–H groups in total. The lowest BCUT2D eigenvalue weighted by atomic mass is 9.90. The summed E-state index contributed by atoms with van der Waals surface area (Å²) < 4.78 is 0. The monoisotopic (exact) mass is 228 g/mol. The van der Waals surface area contributed by atoms with Crippen LogP contribution in [0.15, 0.2) is 0 Å². The fraction of sp³-hybridized carbons (Fsp3) is 0.917. The molecule has 1 fully saturated rings. The van der Waals surface area contributed by atoms with Crippen molar-refractivity contribution < 1.29 is 9.90 Å². The molecule has 0 aromatic carbocycles. The Bertz CT molecular complexity index is 213. The number of aliphatic hydroxyl groups excluding tert-OH is 1. The van der Waals surface area contributed by atoms with Gasteiger partial charge in [-0.1, -0.05) is 6.92 Å². The zero-order valence-corrected chi connectivity index (χ0v) is 10.4. The number of likely N-dealkylation sites (N-methyl/N-ethyl adjacent to an activating group) is 1. The molecule has 1 rings (SSSR count). The molecular weight excluding hydrogens is 204 g/mol. The first-order valence-electron chi connectivity index (χ1n) is 6.29. The van der Waals surface area contributed by atoms with Crippen molar-refractivity contribution in [2.24, 2.45) is 0 Å². The Balaban J connectivity index is 2.32. The van der Waals surface area contributed by atoms with E-state index in [1.807, 2.05) is 0 Å². The van der Waals surface area contributed by atoms with E-state index in [2.05, 4.69) is 17.1 Å². The predicted molar refractivity (Wildman–Crippen MR) is 64.2 cm³/mol. The van der Waals surface area contributed by atoms with Crippen LogP contribution in [0.25, 0.3) is 0 Å². The van der Waals surface area contributed by atoms with Crippen molar-refractivity contribution in [3.8, 4) is 0 Å². The molecule has 0 heterocycles. The Morgan fingerprint density at radius 1 is 1.38 bits per heavy atom. The van der Waals surface area contributed by atoms with E-state index in [-0.39, 0.29) is 12.5 Å². The van der Waals surface area contributed by atoms with Crippen molar-refractivity contribution in [3.05, 3.63) is 0 Å². The van der Waals surface area contributed by atoms with Gasteiger partial charge in [0.1, 0.15) is 0 Å². The van der Waals surface area contributed by atoms with Crippen molar-refractivity contribution in [1.29, 1.82) is 0 Å². The number of hydrogen-bond acceptors (Lipinski definition) is 3. The second-order valence-corrected chi connectivity index (χ2v) is 4.56. The summed E-state index contributed by atoms with van der Waals surface area (Å²) in [4.78, 5) is 13.3. The van der Waals surface area contributed by atoms with Crippen LogP contribution in [0.1, 0.15) is 39.5 Å². The van der Waals surface area contributed by atoms with Gasteiger partial charge in [0.05, 0.1) is 6.61 Å². The van der Waals surface area contributed by atoms with Crippen LogP contribution in [0.5, 0.6) is 0 Å². The minimum Gasteiger partial charge on any atom is -0.395 e. The van der Waals surface area contributed by atoms with E-state index < -0.39 is 0 Å². The third-order valence-electron chi connectivity index (χ3n) is 3.41. The average Bonchev–Trinajstić information content (AvgIpc) is 2.26. The van der Waals surface area contributed by atoms with Crippen molar-refractivity contribution in [1.82, 2.24) is 10.2 Å². The minimum atomic E-state index is 0.0751. The van der Waals surface area contributed by atoms with Crippen LogP contribution < -0.4 is 5.32 Å². The number of amides is 1. The average molecular weight is 228 g/mol. The second kappa shape index (κ2) is 6.86. The van der Waals surface area contributed by atoms with Gasteiger partial charge in [-0.3, -0.25) is 9.69 Å². The van der Waals surface area contributed by atoms with Crippen LogP contribution in [-0.4, -0.2) is 47.7 Å². The molecule has 0 atom stereocenters. The van der Waals surface area contributed by atoms with Crippen LogP contribution >= 0.6 is 0 Å². The number of hydrogen-bond donors (Lipinski definition) is 2. The number of nitrogens with zero attached hydrogens (tertiary/aromatic N) is 1. The maximum absolute atomic E-state index is 10.9. The molecule has 0 aromatic rings. The molecule has 94 valence electrons. The Hall–Kier alpha value is -0.610. The van der Waals surface area contributed by atoms with Gasteiger partial charge in [-0.2, -0.15) is 0 Å². The van der Waals surface area contributed by atoms with E-state index >= 15 is 0 Å². The lowest BCUT2D eigenvalue weighted by Crippen LogP contribution is -2.44. The zero-order chi connectivity index (χ0) is 12.0. The van der Waals surface area contributed by atoms with Gasteiger partial charge in [0.15, 0.2) is 0 Å². The fourth-order valence-electron chi connectivity index (χ4n) is 2.60. The van der Waals surface area contributed by atoms with E-state index in [4.69, 9.17) is 5.11 Å². The molecule has 0 unspecified atom stereocenters. The summed E-state index contributed by atoms with van der Waals surface area (Å²) in [7, 11) is 0. The van der Waals surface area contributed by atoms with E-state index in [9.17, 15) is 4.79 Å². The van der Waals surface area contributed by atoms with E-state index in [1.165, 1.54) is 0 Å². The Labute approximate surface area is 98.0 Å². The molecule has 1 amide bonds. The molecule has 0 aliphatic heterocycles. The highest BCUT2D eigenvalue weighted by molar-refractivity contribution is 5.73. The SMILES string of the molecule is CCN(CCO)C1CCC(NC(C)=O)CC1. The lowest BCUT2D eigenvalue weighted by Gasteiger charge is -2.36. The van der Waals surface area contributed by atoms with Gasteiger partial charge in [0, 0.05) is 25.6 Å². The largest absolute Gasteiger partial charge is 0.395 e. The second-order valence-electron chi connectivity index (χ2n) is 4.56. The highest BCUT2D eigenvalue weighted by atomic mass is 16.3. The summed E-state index contributed by atoms with van der Waals surface area (Å²) in [6, 6.07) is 0.948. The van der Waals surface area contributed by atoms with Crippen LogP contribution in [0.2, 0.25) is 0 Å². The van der Waals surface area contributed by atoms with Crippen LogP contribution in [0.4, 0.5) is 0 Å². The van der Waals surface area contributed by atoms with E-state index in [0.717, 1.165) is 38.8 Å². The summed E-state index contributed by atoms with van der Waals surface area (Å²) in [5, 5.41) is 12.0. The Kier molecular flexibility index (Phi) is 5.77. The third kappa shape index (κ3) is 4.10. The van der Waals surface area contributed by atoms with Gasteiger partial charge < -0.3 is 10.4 Å². The van der Waals surface area contributed by atoms with Crippen molar-refractivity contribution in [3.63, 3.8) is 0 Å². The molecule has 0 saturated heterocycles. The maximum Gasteiger partial charge on any atom is 0.217 e. The molecular formula is C12H24N2O2. The van der Waals surface area contributed by atoms with Crippen molar-refractivity contribution in [2.75, 3.05) is 19.7 Å². The van der Waals surface area contributed by atoms with Gasteiger partial charge in [0.2, 0.25) is 5.91 Å². The molecule has 1 saturated carbocycles. The quantitative estimate of drug-likeness (QED) is 0.730. The van der Waals surface area contributed by atoms with Crippen molar-refractivity contribution >= 4 is 5.91 Å².